The molecule has 3 nitrogen and oxygen atoms in total. The largest absolute Gasteiger partial charge is 0.345 e. The highest BCUT2D eigenvalue weighted by atomic mass is 35.5. The number of likely N-dealkylation sites (N-methyl/N-ethyl adjacent to an activating group) is 1. The lowest BCUT2D eigenvalue weighted by Crippen LogP contribution is -2.40. The van der Waals surface area contributed by atoms with Crippen LogP contribution in [0.15, 0.2) is 36.4 Å². The van der Waals surface area contributed by atoms with Crippen molar-refractivity contribution in [3.8, 4) is 0 Å². The average Bonchev–Trinajstić information content (AvgIpc) is 2.71. The Morgan fingerprint density at radius 3 is 2.30 bits per heavy atom. The highest BCUT2D eigenvalue weighted by Gasteiger charge is 2.23. The Kier molecular flexibility index (Phi) is 7.78. The molecule has 1 saturated heterocycles. The molecule has 0 N–H and O–H groups in total. The SMILES string of the molecule is CN(CC1CCN(CCc2ccc(Cl)cc2)CC1)C(=O)Cc1c(F)cc(F)cc1F. The van der Waals surface area contributed by atoms with Gasteiger partial charge in [0.05, 0.1) is 6.42 Å². The summed E-state index contributed by atoms with van der Waals surface area (Å²) in [6.07, 6.45) is 2.50. The van der Waals surface area contributed by atoms with E-state index >= 15 is 0 Å². The van der Waals surface area contributed by atoms with Gasteiger partial charge in [-0.15, -0.1) is 0 Å². The third-order valence-corrected chi connectivity index (χ3v) is 5.98. The van der Waals surface area contributed by atoms with E-state index in [4.69, 9.17) is 11.6 Å². The molecular weight excluding hydrogens is 413 g/mol. The zero-order chi connectivity index (χ0) is 21.7. The van der Waals surface area contributed by atoms with Crippen molar-refractivity contribution in [2.75, 3.05) is 33.2 Å². The summed E-state index contributed by atoms with van der Waals surface area (Å²) in [4.78, 5) is 16.3. The van der Waals surface area contributed by atoms with Gasteiger partial charge in [0, 0.05) is 42.9 Å². The fraction of sp³-hybridized carbons (Fsp3) is 0.435. The van der Waals surface area contributed by atoms with Crippen LogP contribution in [0.4, 0.5) is 13.2 Å². The number of carbonyl (C=O) groups excluding carboxylic acids is 1. The molecule has 0 atom stereocenters. The molecular formula is C23H26ClF3N2O. The van der Waals surface area contributed by atoms with E-state index in [0.29, 0.717) is 24.6 Å². The van der Waals surface area contributed by atoms with E-state index in [2.05, 4.69) is 4.90 Å². The van der Waals surface area contributed by atoms with Crippen molar-refractivity contribution in [1.82, 2.24) is 9.80 Å². The number of benzene rings is 2. The number of rotatable bonds is 7. The predicted molar refractivity (Wildman–Crippen MR) is 112 cm³/mol. The highest BCUT2D eigenvalue weighted by Crippen LogP contribution is 2.20. The fourth-order valence-corrected chi connectivity index (χ4v) is 3.97. The van der Waals surface area contributed by atoms with Crippen molar-refractivity contribution >= 4 is 17.5 Å². The molecule has 1 fully saturated rings. The molecule has 0 unspecified atom stereocenters. The fourth-order valence-electron chi connectivity index (χ4n) is 3.85. The first kappa shape index (κ1) is 22.6. The molecule has 0 saturated carbocycles. The van der Waals surface area contributed by atoms with Gasteiger partial charge in [-0.2, -0.15) is 0 Å². The molecule has 1 aliphatic heterocycles. The van der Waals surface area contributed by atoms with Crippen LogP contribution < -0.4 is 0 Å². The van der Waals surface area contributed by atoms with E-state index in [9.17, 15) is 18.0 Å². The minimum atomic E-state index is -1.02. The van der Waals surface area contributed by atoms with E-state index in [0.717, 1.165) is 43.9 Å². The molecule has 1 amide bonds. The normalized spacial score (nSPS) is 15.4. The molecule has 0 aromatic heterocycles. The molecule has 30 heavy (non-hydrogen) atoms. The van der Waals surface area contributed by atoms with Gasteiger partial charge in [0.1, 0.15) is 17.5 Å². The van der Waals surface area contributed by atoms with Crippen molar-refractivity contribution in [2.45, 2.75) is 25.7 Å². The van der Waals surface area contributed by atoms with Crippen LogP contribution in [0.5, 0.6) is 0 Å². The third-order valence-electron chi connectivity index (χ3n) is 5.73. The number of piperidine rings is 1. The van der Waals surface area contributed by atoms with Crippen molar-refractivity contribution in [3.05, 3.63) is 70.0 Å². The Bertz CT molecular complexity index is 844. The molecule has 2 aromatic rings. The predicted octanol–water partition coefficient (Wildman–Crippen LogP) is 4.71. The van der Waals surface area contributed by atoms with E-state index in [1.165, 1.54) is 10.5 Å². The van der Waals surface area contributed by atoms with Gasteiger partial charge in [0.25, 0.3) is 0 Å². The van der Waals surface area contributed by atoms with Crippen LogP contribution >= 0.6 is 11.6 Å². The summed E-state index contributed by atoms with van der Waals surface area (Å²) < 4.78 is 40.6. The van der Waals surface area contributed by atoms with Gasteiger partial charge in [-0.25, -0.2) is 13.2 Å². The maximum Gasteiger partial charge on any atom is 0.226 e. The summed E-state index contributed by atoms with van der Waals surface area (Å²) in [7, 11) is 1.65. The Balaban J connectivity index is 1.43. The number of carbonyl (C=O) groups is 1. The van der Waals surface area contributed by atoms with Gasteiger partial charge in [-0.3, -0.25) is 4.79 Å². The second-order valence-corrected chi connectivity index (χ2v) is 8.40. The molecule has 0 radical (unpaired) electrons. The van der Waals surface area contributed by atoms with Crippen LogP contribution in [0.1, 0.15) is 24.0 Å². The van der Waals surface area contributed by atoms with Crippen molar-refractivity contribution in [2.24, 2.45) is 5.92 Å². The Labute approximate surface area is 180 Å². The topological polar surface area (TPSA) is 23.6 Å². The molecule has 2 aromatic carbocycles. The number of likely N-dealkylation sites (tertiary alicyclic amines) is 1. The maximum atomic E-state index is 13.8. The third kappa shape index (κ3) is 6.22. The van der Waals surface area contributed by atoms with Gasteiger partial charge < -0.3 is 9.80 Å². The summed E-state index contributed by atoms with van der Waals surface area (Å²) in [5.41, 5.74) is 0.873. The number of halogens is 4. The number of hydrogen-bond acceptors (Lipinski definition) is 2. The summed E-state index contributed by atoms with van der Waals surface area (Å²) in [5.74, 6) is -3.05. The summed E-state index contributed by atoms with van der Waals surface area (Å²) >= 11 is 5.92. The Morgan fingerprint density at radius 2 is 1.70 bits per heavy atom. The van der Waals surface area contributed by atoms with Crippen LogP contribution in [-0.4, -0.2) is 48.9 Å². The second kappa shape index (κ2) is 10.3. The number of nitrogens with zero attached hydrogens (tertiary/aromatic N) is 2. The van der Waals surface area contributed by atoms with Gasteiger partial charge in [0.2, 0.25) is 5.91 Å². The first-order chi connectivity index (χ1) is 14.3. The highest BCUT2D eigenvalue weighted by molar-refractivity contribution is 6.30. The monoisotopic (exact) mass is 438 g/mol. The summed E-state index contributed by atoms with van der Waals surface area (Å²) in [6.45, 7) is 3.45. The van der Waals surface area contributed by atoms with Gasteiger partial charge >= 0.3 is 0 Å². The second-order valence-electron chi connectivity index (χ2n) is 7.96. The van der Waals surface area contributed by atoms with E-state index in [-0.39, 0.29) is 11.5 Å². The van der Waals surface area contributed by atoms with Crippen LogP contribution in [0.3, 0.4) is 0 Å². The van der Waals surface area contributed by atoms with Gasteiger partial charge in [0.15, 0.2) is 0 Å². The first-order valence-corrected chi connectivity index (χ1v) is 10.5. The number of hydrogen-bond donors (Lipinski definition) is 0. The standard InChI is InChI=1S/C23H26ClF3N2O/c1-28(23(30)14-20-21(26)12-19(25)13-22(20)27)15-17-7-10-29(11-8-17)9-6-16-2-4-18(24)5-3-16/h2-5,12-13,17H,6-11,14-15H2,1H3. The summed E-state index contributed by atoms with van der Waals surface area (Å²) in [5, 5.41) is 0.739. The van der Waals surface area contributed by atoms with Crippen molar-refractivity contribution in [3.63, 3.8) is 0 Å². The molecule has 1 aliphatic rings. The quantitative estimate of drug-likeness (QED) is 0.625. The van der Waals surface area contributed by atoms with Crippen LogP contribution in [0.25, 0.3) is 0 Å². The Morgan fingerprint density at radius 1 is 1.10 bits per heavy atom. The Hall–Kier alpha value is -2.05. The molecule has 162 valence electrons. The van der Waals surface area contributed by atoms with Crippen LogP contribution in [0, 0.1) is 23.4 Å². The van der Waals surface area contributed by atoms with Crippen LogP contribution in [-0.2, 0) is 17.6 Å². The summed E-state index contributed by atoms with van der Waals surface area (Å²) in [6, 6.07) is 9.10. The van der Waals surface area contributed by atoms with E-state index in [1.54, 1.807) is 7.05 Å². The molecule has 0 aliphatic carbocycles. The first-order valence-electron chi connectivity index (χ1n) is 10.2. The lowest BCUT2D eigenvalue weighted by atomic mass is 9.95. The van der Waals surface area contributed by atoms with Crippen molar-refractivity contribution < 1.29 is 18.0 Å². The van der Waals surface area contributed by atoms with Crippen molar-refractivity contribution in [1.29, 1.82) is 0 Å². The lowest BCUT2D eigenvalue weighted by Gasteiger charge is -2.34. The van der Waals surface area contributed by atoms with E-state index < -0.39 is 23.9 Å². The van der Waals surface area contributed by atoms with Gasteiger partial charge in [-0.1, -0.05) is 23.7 Å². The minimum Gasteiger partial charge on any atom is -0.345 e. The number of amides is 1. The zero-order valence-corrected chi connectivity index (χ0v) is 17.8. The smallest absolute Gasteiger partial charge is 0.226 e. The molecule has 7 heteroatoms. The zero-order valence-electron chi connectivity index (χ0n) is 17.0. The van der Waals surface area contributed by atoms with Gasteiger partial charge in [-0.05, 0) is 56.0 Å². The minimum absolute atomic E-state index is 0.355. The maximum absolute atomic E-state index is 13.8. The van der Waals surface area contributed by atoms with Crippen LogP contribution in [0.2, 0.25) is 5.02 Å². The van der Waals surface area contributed by atoms with E-state index in [1.807, 2.05) is 24.3 Å². The molecule has 3 rings (SSSR count). The molecule has 1 heterocycles. The lowest BCUT2D eigenvalue weighted by molar-refractivity contribution is -0.130. The average molecular weight is 439 g/mol. The molecule has 0 bridgehead atoms. The molecule has 0 spiro atoms.